The van der Waals surface area contributed by atoms with Crippen LogP contribution in [0.3, 0.4) is 0 Å². The Morgan fingerprint density at radius 2 is 1.93 bits per heavy atom. The van der Waals surface area contributed by atoms with Crippen molar-refractivity contribution in [1.82, 2.24) is 15.0 Å². The average molecular weight is 418 g/mol. The molecule has 0 bridgehead atoms. The molecule has 0 radical (unpaired) electrons. The van der Waals surface area contributed by atoms with Gasteiger partial charge in [-0.3, -0.25) is 9.71 Å². The summed E-state index contributed by atoms with van der Waals surface area (Å²) in [6.07, 6.45) is 7.22. The third kappa shape index (κ3) is 6.47. The van der Waals surface area contributed by atoms with Gasteiger partial charge in [-0.1, -0.05) is 54.4 Å². The zero-order valence-electron chi connectivity index (χ0n) is 17.1. The van der Waals surface area contributed by atoms with E-state index in [9.17, 15) is 0 Å². The molecule has 0 saturated carbocycles. The van der Waals surface area contributed by atoms with E-state index in [2.05, 4.69) is 50.7 Å². The van der Waals surface area contributed by atoms with Gasteiger partial charge in [0.25, 0.3) is 0 Å². The molecule has 154 valence electrons. The second-order valence-electron chi connectivity index (χ2n) is 6.59. The van der Waals surface area contributed by atoms with Crippen LogP contribution in [-0.2, 0) is 6.54 Å². The highest BCUT2D eigenvalue weighted by Crippen LogP contribution is 2.26. The molecular formula is C24H27N5S. The number of anilines is 1. The van der Waals surface area contributed by atoms with E-state index in [4.69, 9.17) is 5.41 Å². The Balaban J connectivity index is 1.74. The van der Waals surface area contributed by atoms with E-state index >= 15 is 0 Å². The third-order valence-electron chi connectivity index (χ3n) is 4.48. The molecule has 0 aliphatic carbocycles. The van der Waals surface area contributed by atoms with Crippen LogP contribution >= 0.6 is 11.9 Å². The lowest BCUT2D eigenvalue weighted by molar-refractivity contribution is 0.864. The average Bonchev–Trinajstić information content (AvgIpc) is 2.81. The van der Waals surface area contributed by atoms with Crippen molar-refractivity contribution in [2.24, 2.45) is 0 Å². The number of pyridine rings is 1. The van der Waals surface area contributed by atoms with Crippen molar-refractivity contribution in [3.05, 3.63) is 96.5 Å². The van der Waals surface area contributed by atoms with Crippen molar-refractivity contribution in [1.29, 1.82) is 5.41 Å². The zero-order chi connectivity index (χ0) is 21.0. The Labute approximate surface area is 182 Å². The number of nitrogens with zero attached hydrogens (tertiary/aromatic N) is 1. The van der Waals surface area contributed by atoms with Gasteiger partial charge in [0.1, 0.15) is 0 Å². The fourth-order valence-electron chi connectivity index (χ4n) is 2.98. The Morgan fingerprint density at radius 3 is 2.70 bits per heavy atom. The minimum absolute atomic E-state index is 0.454. The summed E-state index contributed by atoms with van der Waals surface area (Å²) in [5.74, 6) is 0.937. The molecule has 30 heavy (non-hydrogen) atoms. The SMILES string of the molecule is CNSCCNc1ccc(-c2ccccc2)cc1C(=N)/C=C\NCc1cccnc1. The summed E-state index contributed by atoms with van der Waals surface area (Å²) in [4.78, 5) is 4.12. The lowest BCUT2D eigenvalue weighted by Crippen LogP contribution is -2.11. The summed E-state index contributed by atoms with van der Waals surface area (Å²) >= 11 is 1.66. The molecule has 0 atom stereocenters. The van der Waals surface area contributed by atoms with Crippen molar-refractivity contribution in [3.8, 4) is 11.1 Å². The van der Waals surface area contributed by atoms with E-state index in [1.807, 2.05) is 49.8 Å². The molecule has 4 N–H and O–H groups in total. The van der Waals surface area contributed by atoms with Crippen LogP contribution in [0, 0.1) is 5.41 Å². The number of nitrogens with one attached hydrogen (secondary N) is 4. The van der Waals surface area contributed by atoms with Crippen molar-refractivity contribution in [2.75, 3.05) is 24.7 Å². The third-order valence-corrected chi connectivity index (χ3v) is 5.17. The molecule has 1 aromatic heterocycles. The van der Waals surface area contributed by atoms with E-state index in [0.29, 0.717) is 12.3 Å². The quantitative estimate of drug-likeness (QED) is 0.207. The Bertz CT molecular complexity index is 958. The van der Waals surface area contributed by atoms with Crippen molar-refractivity contribution in [3.63, 3.8) is 0 Å². The summed E-state index contributed by atoms with van der Waals surface area (Å²) in [6.45, 7) is 1.49. The minimum atomic E-state index is 0.454. The summed E-state index contributed by atoms with van der Waals surface area (Å²) in [6, 6.07) is 20.4. The van der Waals surface area contributed by atoms with Crippen molar-refractivity contribution in [2.45, 2.75) is 6.54 Å². The Morgan fingerprint density at radius 1 is 1.07 bits per heavy atom. The minimum Gasteiger partial charge on any atom is -0.387 e. The van der Waals surface area contributed by atoms with Crippen molar-refractivity contribution >= 4 is 23.3 Å². The smallest absolute Gasteiger partial charge is 0.0647 e. The van der Waals surface area contributed by atoms with Gasteiger partial charge in [0.15, 0.2) is 0 Å². The maximum Gasteiger partial charge on any atom is 0.0647 e. The number of hydrogen-bond acceptors (Lipinski definition) is 6. The highest BCUT2D eigenvalue weighted by Gasteiger charge is 2.08. The number of allylic oxidation sites excluding steroid dienone is 1. The standard InChI is InChI=1S/C24H27N5S/c1-26-30-15-14-29-24-10-9-21(20-7-3-2-4-8-20)16-22(24)23(25)11-13-28-18-19-6-5-12-27-17-19/h2-13,16-17,25-26,28-29H,14-15,18H2,1H3/b13-11-,25-23?. The normalized spacial score (nSPS) is 10.8. The first-order valence-electron chi connectivity index (χ1n) is 9.87. The number of aromatic nitrogens is 1. The topological polar surface area (TPSA) is 72.8 Å². The van der Waals surface area contributed by atoms with Crippen molar-refractivity contribution < 1.29 is 0 Å². The summed E-state index contributed by atoms with van der Waals surface area (Å²) in [7, 11) is 1.92. The highest BCUT2D eigenvalue weighted by atomic mass is 32.2. The zero-order valence-corrected chi connectivity index (χ0v) is 17.9. The fourth-order valence-corrected chi connectivity index (χ4v) is 3.39. The van der Waals surface area contributed by atoms with Crippen LogP contribution in [0.15, 0.2) is 85.3 Å². The molecular weight excluding hydrogens is 390 g/mol. The molecule has 3 rings (SSSR count). The summed E-state index contributed by atoms with van der Waals surface area (Å²) in [5, 5.41) is 15.3. The van der Waals surface area contributed by atoms with Crippen LogP contribution in [0.25, 0.3) is 11.1 Å². The molecule has 5 nitrogen and oxygen atoms in total. The molecule has 0 aliphatic heterocycles. The molecule has 0 unspecified atom stereocenters. The van der Waals surface area contributed by atoms with Gasteiger partial charge >= 0.3 is 0 Å². The molecule has 3 aromatic rings. The monoisotopic (exact) mass is 417 g/mol. The molecule has 0 aliphatic rings. The number of rotatable bonds is 11. The Hall–Kier alpha value is -3.09. The van der Waals surface area contributed by atoms with E-state index in [-0.39, 0.29) is 0 Å². The lowest BCUT2D eigenvalue weighted by Gasteiger charge is -2.14. The molecule has 0 amide bonds. The van der Waals surface area contributed by atoms with Crippen LogP contribution in [0.5, 0.6) is 0 Å². The molecule has 0 saturated heterocycles. The molecule has 6 heteroatoms. The van der Waals surface area contributed by atoms with Gasteiger partial charge in [0.2, 0.25) is 0 Å². The molecule has 2 aromatic carbocycles. The maximum absolute atomic E-state index is 8.63. The predicted molar refractivity (Wildman–Crippen MR) is 129 cm³/mol. The fraction of sp³-hybridized carbons (Fsp3) is 0.167. The highest BCUT2D eigenvalue weighted by molar-refractivity contribution is 7.97. The first kappa shape index (κ1) is 21.6. The van der Waals surface area contributed by atoms with Crippen LogP contribution in [0.1, 0.15) is 11.1 Å². The molecule has 1 heterocycles. The number of benzene rings is 2. The molecule has 0 fully saturated rings. The second kappa shape index (κ2) is 11.8. The van der Waals surface area contributed by atoms with Gasteiger partial charge in [0.05, 0.1) is 5.71 Å². The van der Waals surface area contributed by atoms with Crippen LogP contribution in [0.2, 0.25) is 0 Å². The molecule has 0 spiro atoms. The van der Waals surface area contributed by atoms with E-state index in [0.717, 1.165) is 40.2 Å². The first-order chi connectivity index (χ1) is 14.8. The maximum atomic E-state index is 8.63. The van der Waals surface area contributed by atoms with Crippen LogP contribution < -0.4 is 15.4 Å². The van der Waals surface area contributed by atoms with Crippen LogP contribution in [0.4, 0.5) is 5.69 Å². The largest absolute Gasteiger partial charge is 0.387 e. The van der Waals surface area contributed by atoms with Crippen LogP contribution in [-0.4, -0.2) is 30.0 Å². The number of hydrogen-bond donors (Lipinski definition) is 4. The Kier molecular flexibility index (Phi) is 8.50. The van der Waals surface area contributed by atoms with Gasteiger partial charge in [-0.15, -0.1) is 0 Å². The summed E-state index contributed by atoms with van der Waals surface area (Å²) in [5.41, 5.74) is 5.64. The summed E-state index contributed by atoms with van der Waals surface area (Å²) < 4.78 is 3.08. The van der Waals surface area contributed by atoms with Gasteiger partial charge in [-0.2, -0.15) is 0 Å². The van der Waals surface area contributed by atoms with Gasteiger partial charge in [0, 0.05) is 42.5 Å². The van der Waals surface area contributed by atoms with E-state index in [1.54, 1.807) is 24.2 Å². The van der Waals surface area contributed by atoms with E-state index < -0.39 is 0 Å². The predicted octanol–water partition coefficient (Wildman–Crippen LogP) is 4.70. The van der Waals surface area contributed by atoms with Gasteiger partial charge in [-0.25, -0.2) is 0 Å². The van der Waals surface area contributed by atoms with Gasteiger partial charge in [-0.05, 0) is 54.2 Å². The van der Waals surface area contributed by atoms with E-state index in [1.165, 1.54) is 0 Å². The second-order valence-corrected chi connectivity index (χ2v) is 7.70. The lowest BCUT2D eigenvalue weighted by atomic mass is 9.99. The first-order valence-corrected chi connectivity index (χ1v) is 10.9. The van der Waals surface area contributed by atoms with Gasteiger partial charge < -0.3 is 16.0 Å².